The fraction of sp³-hybridized carbons (Fsp3) is 0.0625. The first kappa shape index (κ1) is 26.6. The van der Waals surface area contributed by atoms with Crippen LogP contribution >= 0.6 is 11.3 Å². The van der Waals surface area contributed by atoms with Gasteiger partial charge in [-0.15, -0.1) is 11.3 Å². The van der Waals surface area contributed by atoms with Gasteiger partial charge in [0.15, 0.2) is 11.5 Å². The molecule has 0 radical (unpaired) electrons. The number of hydrogen-bond donors (Lipinski definition) is 2. The number of carbonyl (C=O) groups excluding carboxylic acids is 1. The number of carbonyl (C=O) groups is 1. The van der Waals surface area contributed by atoms with Crippen LogP contribution in [0.25, 0.3) is 27.8 Å². The Balaban J connectivity index is 1.44. The first-order chi connectivity index (χ1) is 20.5. The quantitative estimate of drug-likeness (QED) is 0.286. The molecule has 204 valence electrons. The molecule has 1 amide bonds. The van der Waals surface area contributed by atoms with E-state index in [1.807, 2.05) is 72.1 Å². The van der Waals surface area contributed by atoms with Gasteiger partial charge in [-0.3, -0.25) is 19.1 Å². The van der Waals surface area contributed by atoms with Crippen molar-refractivity contribution in [3.05, 3.63) is 129 Å². The van der Waals surface area contributed by atoms with Crippen molar-refractivity contribution in [1.29, 1.82) is 0 Å². The number of benzene rings is 2. The predicted octanol–water partition coefficient (Wildman–Crippen LogP) is 4.77. The Morgan fingerprint density at radius 2 is 1.86 bits per heavy atom. The summed E-state index contributed by atoms with van der Waals surface area (Å²) in [5.41, 5.74) is 11.0. The van der Waals surface area contributed by atoms with E-state index >= 15 is 0 Å². The standard InChI is InChI=1S/C32H23N7O2S/c1-20(37-31(40)29-30(33)35-17-25(38-29)26-18-42-19-36-26)27-15-23-9-5-8-22(13-12-21-7-6-14-34-16-21)28(23)32(41)39(27)24-10-3-2-4-11-24/h2-11,14-20H,1H3,(H2,33,35)(H,37,40). The van der Waals surface area contributed by atoms with Crippen molar-refractivity contribution >= 4 is 33.8 Å². The molecule has 0 fully saturated rings. The minimum Gasteiger partial charge on any atom is -0.382 e. The Labute approximate surface area is 244 Å². The van der Waals surface area contributed by atoms with Crippen LogP contribution in [0.3, 0.4) is 0 Å². The average molecular weight is 570 g/mol. The summed E-state index contributed by atoms with van der Waals surface area (Å²) in [6.07, 6.45) is 4.84. The van der Waals surface area contributed by atoms with Crippen molar-refractivity contribution in [3.8, 4) is 28.9 Å². The van der Waals surface area contributed by atoms with Crippen molar-refractivity contribution in [2.45, 2.75) is 13.0 Å². The molecule has 6 rings (SSSR count). The number of para-hydroxylation sites is 1. The molecule has 0 spiro atoms. The zero-order chi connectivity index (χ0) is 29.1. The van der Waals surface area contributed by atoms with E-state index < -0.39 is 11.9 Å². The van der Waals surface area contributed by atoms with Gasteiger partial charge in [0.2, 0.25) is 0 Å². The molecule has 0 saturated carbocycles. The van der Waals surface area contributed by atoms with E-state index in [1.54, 1.807) is 29.4 Å². The van der Waals surface area contributed by atoms with Crippen LogP contribution in [0.15, 0.2) is 101 Å². The molecule has 0 bridgehead atoms. The zero-order valence-corrected chi connectivity index (χ0v) is 23.2. The van der Waals surface area contributed by atoms with Gasteiger partial charge in [0.05, 0.1) is 23.1 Å². The lowest BCUT2D eigenvalue weighted by molar-refractivity contribution is 0.0934. The molecule has 0 aliphatic rings. The molecule has 0 aliphatic carbocycles. The Kier molecular flexibility index (Phi) is 7.24. The molecule has 0 aliphatic heterocycles. The number of nitrogens with one attached hydrogen (secondary N) is 1. The molecule has 6 aromatic rings. The van der Waals surface area contributed by atoms with Crippen LogP contribution in [-0.2, 0) is 0 Å². The number of pyridine rings is 2. The van der Waals surface area contributed by atoms with E-state index in [0.29, 0.717) is 39.1 Å². The third-order valence-corrected chi connectivity index (χ3v) is 7.18. The van der Waals surface area contributed by atoms with Crippen LogP contribution < -0.4 is 16.6 Å². The summed E-state index contributed by atoms with van der Waals surface area (Å²) in [5, 5.41) is 5.95. The number of rotatable bonds is 5. The van der Waals surface area contributed by atoms with Gasteiger partial charge in [-0.25, -0.2) is 15.0 Å². The van der Waals surface area contributed by atoms with Crippen LogP contribution in [0.1, 0.15) is 40.3 Å². The minimum absolute atomic E-state index is 0.00512. The SMILES string of the molecule is CC(NC(=O)c1nc(-c2cscn2)cnc1N)c1cc2cccc(C#Cc3cccnc3)c2c(=O)n1-c1ccccc1. The Bertz CT molecular complexity index is 2030. The summed E-state index contributed by atoms with van der Waals surface area (Å²) < 4.78 is 1.60. The fourth-order valence-electron chi connectivity index (χ4n) is 4.59. The molecule has 2 aromatic carbocycles. The second-order valence-corrected chi connectivity index (χ2v) is 10.1. The number of nitrogens with zero attached hydrogens (tertiary/aromatic N) is 5. The number of fused-ring (bicyclic) bond motifs is 1. The van der Waals surface area contributed by atoms with Crippen molar-refractivity contribution in [2.24, 2.45) is 0 Å². The monoisotopic (exact) mass is 569 g/mol. The van der Waals surface area contributed by atoms with Gasteiger partial charge < -0.3 is 11.1 Å². The molecular weight excluding hydrogens is 546 g/mol. The summed E-state index contributed by atoms with van der Waals surface area (Å²) in [4.78, 5) is 44.5. The first-order valence-electron chi connectivity index (χ1n) is 13.0. The lowest BCUT2D eigenvalue weighted by Gasteiger charge is -2.21. The van der Waals surface area contributed by atoms with E-state index in [1.165, 1.54) is 17.5 Å². The average Bonchev–Trinajstić information content (AvgIpc) is 3.56. The van der Waals surface area contributed by atoms with E-state index in [9.17, 15) is 9.59 Å². The molecule has 10 heteroatoms. The third-order valence-electron chi connectivity index (χ3n) is 6.59. The van der Waals surface area contributed by atoms with Gasteiger partial charge in [0.25, 0.3) is 11.5 Å². The lowest BCUT2D eigenvalue weighted by Crippen LogP contribution is -2.33. The van der Waals surface area contributed by atoms with Gasteiger partial charge >= 0.3 is 0 Å². The van der Waals surface area contributed by atoms with E-state index in [2.05, 4.69) is 37.1 Å². The number of aromatic nitrogens is 5. The molecule has 1 atom stereocenters. The zero-order valence-electron chi connectivity index (χ0n) is 22.4. The van der Waals surface area contributed by atoms with E-state index in [0.717, 1.165) is 5.56 Å². The normalized spacial score (nSPS) is 11.5. The van der Waals surface area contributed by atoms with Crippen molar-refractivity contribution in [3.63, 3.8) is 0 Å². The first-order valence-corrected chi connectivity index (χ1v) is 13.9. The maximum absolute atomic E-state index is 14.2. The second kappa shape index (κ2) is 11.4. The Hall–Kier alpha value is -5.66. The second-order valence-electron chi connectivity index (χ2n) is 9.36. The summed E-state index contributed by atoms with van der Waals surface area (Å²) in [6.45, 7) is 1.80. The lowest BCUT2D eigenvalue weighted by atomic mass is 10.0. The number of hydrogen-bond acceptors (Lipinski definition) is 8. The van der Waals surface area contributed by atoms with Crippen LogP contribution in [0.2, 0.25) is 0 Å². The van der Waals surface area contributed by atoms with Crippen LogP contribution in [0.5, 0.6) is 0 Å². The molecule has 3 N–H and O–H groups in total. The summed E-state index contributed by atoms with van der Waals surface area (Å²) >= 11 is 1.41. The Morgan fingerprint density at radius 3 is 2.62 bits per heavy atom. The summed E-state index contributed by atoms with van der Waals surface area (Å²) in [6, 6.07) is 19.8. The topological polar surface area (TPSA) is 129 Å². The number of anilines is 1. The number of thiazole rings is 1. The van der Waals surface area contributed by atoms with E-state index in [-0.39, 0.29) is 17.1 Å². The molecule has 42 heavy (non-hydrogen) atoms. The highest BCUT2D eigenvalue weighted by molar-refractivity contribution is 7.07. The maximum atomic E-state index is 14.2. The third kappa shape index (κ3) is 5.24. The molecule has 0 saturated heterocycles. The summed E-state index contributed by atoms with van der Waals surface area (Å²) in [7, 11) is 0. The molecular formula is C32H23N7O2S. The van der Waals surface area contributed by atoms with Crippen molar-refractivity contribution < 1.29 is 4.79 Å². The highest BCUT2D eigenvalue weighted by Gasteiger charge is 2.22. The van der Waals surface area contributed by atoms with Crippen molar-refractivity contribution in [2.75, 3.05) is 5.73 Å². The van der Waals surface area contributed by atoms with Crippen LogP contribution in [-0.4, -0.2) is 30.4 Å². The molecule has 4 aromatic heterocycles. The number of amides is 1. The van der Waals surface area contributed by atoms with Crippen molar-refractivity contribution in [1.82, 2.24) is 29.8 Å². The molecule has 1 unspecified atom stereocenters. The predicted molar refractivity (Wildman–Crippen MR) is 163 cm³/mol. The Morgan fingerprint density at radius 1 is 1.00 bits per heavy atom. The largest absolute Gasteiger partial charge is 0.382 e. The highest BCUT2D eigenvalue weighted by atomic mass is 32.1. The van der Waals surface area contributed by atoms with Gasteiger partial charge in [-0.2, -0.15) is 0 Å². The summed E-state index contributed by atoms with van der Waals surface area (Å²) in [5.74, 6) is 5.71. The number of nitrogens with two attached hydrogens (primary N) is 1. The maximum Gasteiger partial charge on any atom is 0.274 e. The van der Waals surface area contributed by atoms with E-state index in [4.69, 9.17) is 5.73 Å². The molecule has 4 heterocycles. The van der Waals surface area contributed by atoms with Gasteiger partial charge in [-0.1, -0.05) is 42.2 Å². The minimum atomic E-state index is -0.607. The smallest absolute Gasteiger partial charge is 0.274 e. The van der Waals surface area contributed by atoms with Crippen LogP contribution in [0, 0.1) is 11.8 Å². The fourth-order valence-corrected chi connectivity index (χ4v) is 5.14. The molecule has 9 nitrogen and oxygen atoms in total. The van der Waals surface area contributed by atoms with Crippen LogP contribution in [0.4, 0.5) is 5.82 Å². The van der Waals surface area contributed by atoms with Gasteiger partial charge in [-0.05, 0) is 48.7 Å². The van der Waals surface area contributed by atoms with Gasteiger partial charge in [0, 0.05) is 40.3 Å². The number of nitrogen functional groups attached to an aromatic ring is 1. The van der Waals surface area contributed by atoms with Gasteiger partial charge in [0.1, 0.15) is 11.4 Å². The highest BCUT2D eigenvalue weighted by Crippen LogP contribution is 2.24.